The third-order valence-corrected chi connectivity index (χ3v) is 4.83. The van der Waals surface area contributed by atoms with E-state index in [-0.39, 0.29) is 28.6 Å². The summed E-state index contributed by atoms with van der Waals surface area (Å²) in [6.45, 7) is 1.34. The van der Waals surface area contributed by atoms with Crippen LogP contribution in [0, 0.1) is 17.5 Å². The van der Waals surface area contributed by atoms with Gasteiger partial charge in [0.15, 0.2) is 11.6 Å². The molecular formula is C24H16F3N3O3. The van der Waals surface area contributed by atoms with Crippen LogP contribution < -0.4 is 15.5 Å². The van der Waals surface area contributed by atoms with Crippen molar-refractivity contribution in [1.82, 2.24) is 0 Å². The van der Waals surface area contributed by atoms with E-state index in [9.17, 15) is 27.6 Å². The van der Waals surface area contributed by atoms with E-state index in [1.165, 1.54) is 43.3 Å². The molecule has 4 rings (SSSR count). The Morgan fingerprint density at radius 1 is 0.818 bits per heavy atom. The van der Waals surface area contributed by atoms with Crippen LogP contribution in [0.4, 0.5) is 30.2 Å². The highest BCUT2D eigenvalue weighted by Crippen LogP contribution is 2.34. The van der Waals surface area contributed by atoms with Gasteiger partial charge in [0, 0.05) is 24.4 Å². The second kappa shape index (κ2) is 8.62. The van der Waals surface area contributed by atoms with Crippen molar-refractivity contribution >= 4 is 40.4 Å². The number of carbonyl (C=O) groups excluding carboxylic acids is 3. The van der Waals surface area contributed by atoms with Gasteiger partial charge in [-0.25, -0.2) is 18.1 Å². The standard InChI is InChI=1S/C24H16F3N3O3/c1-13(31)28-16-7-5-14(6-8-16)21-22(29-17-9-10-19(26)20(27)12-17)24(33)30(23(21)32)18-4-2-3-15(25)11-18/h2-12,29H,1H3,(H,28,31). The Balaban J connectivity index is 1.80. The van der Waals surface area contributed by atoms with Crippen LogP contribution >= 0.6 is 0 Å². The average Bonchev–Trinajstić information content (AvgIpc) is 3.00. The van der Waals surface area contributed by atoms with Crippen LogP contribution in [0.5, 0.6) is 0 Å². The van der Waals surface area contributed by atoms with Gasteiger partial charge in [0.25, 0.3) is 11.8 Å². The van der Waals surface area contributed by atoms with Crippen LogP contribution in [0.25, 0.3) is 5.57 Å². The molecule has 33 heavy (non-hydrogen) atoms. The summed E-state index contributed by atoms with van der Waals surface area (Å²) < 4.78 is 40.8. The molecule has 0 aromatic heterocycles. The fraction of sp³-hybridized carbons (Fsp3) is 0.0417. The van der Waals surface area contributed by atoms with E-state index < -0.39 is 29.3 Å². The third kappa shape index (κ3) is 4.33. The number of anilines is 3. The molecule has 3 amide bonds. The van der Waals surface area contributed by atoms with Crippen LogP contribution in [0.3, 0.4) is 0 Å². The zero-order valence-electron chi connectivity index (χ0n) is 17.2. The Labute approximate surface area is 186 Å². The highest BCUT2D eigenvalue weighted by Gasteiger charge is 2.40. The Bertz CT molecular complexity index is 1320. The Morgan fingerprint density at radius 2 is 1.52 bits per heavy atom. The number of halogens is 3. The highest BCUT2D eigenvalue weighted by molar-refractivity contribution is 6.46. The monoisotopic (exact) mass is 451 g/mol. The number of benzene rings is 3. The van der Waals surface area contributed by atoms with Crippen LogP contribution in [-0.2, 0) is 14.4 Å². The minimum Gasteiger partial charge on any atom is -0.350 e. The van der Waals surface area contributed by atoms with Crippen molar-refractivity contribution in [3.63, 3.8) is 0 Å². The number of nitrogens with one attached hydrogen (secondary N) is 2. The average molecular weight is 451 g/mol. The molecule has 1 aliphatic rings. The largest absolute Gasteiger partial charge is 0.350 e. The molecule has 0 bridgehead atoms. The van der Waals surface area contributed by atoms with Crippen molar-refractivity contribution in [2.45, 2.75) is 6.92 Å². The van der Waals surface area contributed by atoms with Crippen molar-refractivity contribution in [1.29, 1.82) is 0 Å². The summed E-state index contributed by atoms with van der Waals surface area (Å²) in [5, 5.41) is 5.29. The van der Waals surface area contributed by atoms with Gasteiger partial charge in [-0.1, -0.05) is 18.2 Å². The maximum atomic E-state index is 13.8. The molecule has 0 atom stereocenters. The smallest absolute Gasteiger partial charge is 0.282 e. The fourth-order valence-electron chi connectivity index (χ4n) is 3.40. The maximum absolute atomic E-state index is 13.8. The summed E-state index contributed by atoms with van der Waals surface area (Å²) in [6.07, 6.45) is 0. The molecule has 3 aromatic rings. The first-order valence-corrected chi connectivity index (χ1v) is 9.73. The molecule has 1 aliphatic heterocycles. The first kappa shape index (κ1) is 21.8. The molecule has 9 heteroatoms. The Morgan fingerprint density at radius 3 is 2.15 bits per heavy atom. The predicted molar refractivity (Wildman–Crippen MR) is 117 cm³/mol. The molecular weight excluding hydrogens is 435 g/mol. The minimum absolute atomic E-state index is 0.0134. The lowest BCUT2D eigenvalue weighted by molar-refractivity contribution is -0.120. The van der Waals surface area contributed by atoms with E-state index in [1.54, 1.807) is 12.1 Å². The first-order valence-electron chi connectivity index (χ1n) is 9.73. The van der Waals surface area contributed by atoms with Crippen molar-refractivity contribution in [3.8, 4) is 0 Å². The fourth-order valence-corrected chi connectivity index (χ4v) is 3.40. The van der Waals surface area contributed by atoms with Gasteiger partial charge in [0.2, 0.25) is 5.91 Å². The predicted octanol–water partition coefficient (Wildman–Crippen LogP) is 4.46. The summed E-state index contributed by atoms with van der Waals surface area (Å²) in [5.41, 5.74) is 0.607. The van der Waals surface area contributed by atoms with Gasteiger partial charge in [-0.05, 0) is 48.0 Å². The summed E-state index contributed by atoms with van der Waals surface area (Å²) in [5.74, 6) is -4.67. The number of imide groups is 1. The zero-order chi connectivity index (χ0) is 23.7. The van der Waals surface area contributed by atoms with Crippen LogP contribution in [-0.4, -0.2) is 17.7 Å². The van der Waals surface area contributed by atoms with E-state index in [0.29, 0.717) is 11.3 Å². The topological polar surface area (TPSA) is 78.5 Å². The third-order valence-electron chi connectivity index (χ3n) is 4.83. The van der Waals surface area contributed by atoms with Gasteiger partial charge in [-0.2, -0.15) is 0 Å². The van der Waals surface area contributed by atoms with Gasteiger partial charge in [0.1, 0.15) is 11.5 Å². The number of carbonyl (C=O) groups is 3. The number of rotatable bonds is 5. The SMILES string of the molecule is CC(=O)Nc1ccc(C2=C(Nc3ccc(F)c(F)c3)C(=O)N(c3cccc(F)c3)C2=O)cc1. The summed E-state index contributed by atoms with van der Waals surface area (Å²) in [6, 6.07) is 14.0. The molecule has 0 unspecified atom stereocenters. The lowest BCUT2D eigenvalue weighted by atomic mass is 10.0. The molecule has 0 aliphatic carbocycles. The highest BCUT2D eigenvalue weighted by atomic mass is 19.2. The quantitative estimate of drug-likeness (QED) is 0.562. The molecule has 3 aromatic carbocycles. The molecule has 0 saturated carbocycles. The van der Waals surface area contributed by atoms with Crippen molar-refractivity contribution < 1.29 is 27.6 Å². The van der Waals surface area contributed by atoms with Crippen LogP contribution in [0.15, 0.2) is 72.4 Å². The molecule has 2 N–H and O–H groups in total. The van der Waals surface area contributed by atoms with Crippen LogP contribution in [0.1, 0.15) is 12.5 Å². The molecule has 0 spiro atoms. The number of nitrogens with zero attached hydrogens (tertiary/aromatic N) is 1. The van der Waals surface area contributed by atoms with Crippen molar-refractivity contribution in [2.24, 2.45) is 0 Å². The van der Waals surface area contributed by atoms with E-state index in [1.807, 2.05) is 0 Å². The maximum Gasteiger partial charge on any atom is 0.282 e. The van der Waals surface area contributed by atoms with E-state index in [0.717, 1.165) is 23.1 Å². The van der Waals surface area contributed by atoms with Gasteiger partial charge >= 0.3 is 0 Å². The summed E-state index contributed by atoms with van der Waals surface area (Å²) >= 11 is 0. The zero-order valence-corrected chi connectivity index (χ0v) is 17.2. The van der Waals surface area contributed by atoms with Crippen molar-refractivity contribution in [3.05, 3.63) is 95.4 Å². The first-order chi connectivity index (χ1) is 15.7. The Hall–Kier alpha value is -4.40. The molecule has 6 nitrogen and oxygen atoms in total. The van der Waals surface area contributed by atoms with Gasteiger partial charge < -0.3 is 10.6 Å². The second-order valence-electron chi connectivity index (χ2n) is 7.19. The van der Waals surface area contributed by atoms with E-state index >= 15 is 0 Å². The molecule has 0 radical (unpaired) electrons. The van der Waals surface area contributed by atoms with Crippen LogP contribution in [0.2, 0.25) is 0 Å². The van der Waals surface area contributed by atoms with Gasteiger partial charge in [-0.3, -0.25) is 14.4 Å². The lowest BCUT2D eigenvalue weighted by Gasteiger charge is -2.15. The summed E-state index contributed by atoms with van der Waals surface area (Å²) in [4.78, 5) is 38.6. The van der Waals surface area contributed by atoms with E-state index in [4.69, 9.17) is 0 Å². The molecule has 0 saturated heterocycles. The normalized spacial score (nSPS) is 13.5. The molecule has 166 valence electrons. The summed E-state index contributed by atoms with van der Waals surface area (Å²) in [7, 11) is 0. The van der Waals surface area contributed by atoms with Crippen molar-refractivity contribution in [2.75, 3.05) is 15.5 Å². The van der Waals surface area contributed by atoms with Gasteiger partial charge in [0.05, 0.1) is 11.3 Å². The number of amides is 3. The second-order valence-corrected chi connectivity index (χ2v) is 7.19. The minimum atomic E-state index is -1.14. The number of hydrogen-bond donors (Lipinski definition) is 2. The molecule has 0 fully saturated rings. The number of hydrogen-bond acceptors (Lipinski definition) is 4. The van der Waals surface area contributed by atoms with Gasteiger partial charge in [-0.15, -0.1) is 0 Å². The Kier molecular flexibility index (Phi) is 5.70. The lowest BCUT2D eigenvalue weighted by Crippen LogP contribution is -2.32. The molecule has 1 heterocycles. The van der Waals surface area contributed by atoms with E-state index in [2.05, 4.69) is 10.6 Å².